The van der Waals surface area contributed by atoms with Crippen LogP contribution in [0.5, 0.6) is 0 Å². The summed E-state index contributed by atoms with van der Waals surface area (Å²) in [5.74, 6) is -1.03. The number of carboxylic acid groups (broad SMARTS) is 1. The van der Waals surface area contributed by atoms with Crippen LogP contribution in [0.4, 0.5) is 0 Å². The molecule has 0 spiro atoms. The highest BCUT2D eigenvalue weighted by atomic mass is 16.4. The van der Waals surface area contributed by atoms with Gasteiger partial charge in [-0.25, -0.2) is 9.78 Å². The number of carbonyl (C=O) groups is 1. The second-order valence-corrected chi connectivity index (χ2v) is 5.59. The minimum absolute atomic E-state index is 0.102. The minimum atomic E-state index is -1.03. The molecule has 0 aromatic carbocycles. The number of aryl methyl sites for hydroxylation is 1. The van der Waals surface area contributed by atoms with Crippen molar-refractivity contribution in [1.29, 1.82) is 0 Å². The molecule has 0 fully saturated rings. The molecule has 0 atom stereocenters. The lowest BCUT2D eigenvalue weighted by Crippen LogP contribution is -1.98. The first-order chi connectivity index (χ1) is 12.1. The Hall–Kier alpha value is -3.61. The fraction of sp³-hybridized carbons (Fsp3) is 0.0556. The molecule has 0 saturated heterocycles. The summed E-state index contributed by atoms with van der Waals surface area (Å²) >= 11 is 0. The molecule has 2 N–H and O–H groups in total. The largest absolute Gasteiger partial charge is 0.478 e. The van der Waals surface area contributed by atoms with Crippen LogP contribution in [0.1, 0.15) is 16.1 Å². The van der Waals surface area contributed by atoms with Crippen LogP contribution in [-0.2, 0) is 0 Å². The number of pyridine rings is 3. The smallest absolute Gasteiger partial charge is 0.337 e. The monoisotopic (exact) mass is 331 g/mol. The number of nitrogens with zero attached hydrogens (tertiary/aromatic N) is 4. The normalized spacial score (nSPS) is 10.9. The zero-order valence-electron chi connectivity index (χ0n) is 13.3. The van der Waals surface area contributed by atoms with Crippen LogP contribution in [0.25, 0.3) is 33.7 Å². The van der Waals surface area contributed by atoms with Gasteiger partial charge in [-0.1, -0.05) is 6.07 Å². The standard InChI is InChI=1S/C18H13N5O2/c1-10-3-2-4-15(21-10)17-12(9-20-23-17)13-5-6-14-16(22-13)7-11(8-19-14)18(24)25/h2-9H,1H3,(H,20,23)(H,24,25). The summed E-state index contributed by atoms with van der Waals surface area (Å²) in [7, 11) is 0. The topological polar surface area (TPSA) is 105 Å². The van der Waals surface area contributed by atoms with E-state index in [-0.39, 0.29) is 5.56 Å². The fourth-order valence-corrected chi connectivity index (χ4v) is 2.63. The molecule has 0 amide bonds. The minimum Gasteiger partial charge on any atom is -0.478 e. The Bertz CT molecular complexity index is 1100. The summed E-state index contributed by atoms with van der Waals surface area (Å²) in [6, 6.07) is 10.9. The Kier molecular flexibility index (Phi) is 3.46. The number of aromatic amines is 1. The van der Waals surface area contributed by atoms with Crippen LogP contribution in [0.2, 0.25) is 0 Å². The predicted molar refractivity (Wildman–Crippen MR) is 92.0 cm³/mol. The average Bonchev–Trinajstić information content (AvgIpc) is 3.10. The molecule has 25 heavy (non-hydrogen) atoms. The van der Waals surface area contributed by atoms with Gasteiger partial charge in [0.2, 0.25) is 0 Å². The summed E-state index contributed by atoms with van der Waals surface area (Å²) < 4.78 is 0. The SMILES string of the molecule is Cc1cccc(-c2[nH]ncc2-c2ccc3ncc(C(=O)O)cc3n2)n1. The molecule has 0 unspecified atom stereocenters. The van der Waals surface area contributed by atoms with Crippen molar-refractivity contribution in [3.8, 4) is 22.6 Å². The first kappa shape index (κ1) is 14.9. The van der Waals surface area contributed by atoms with Crippen LogP contribution >= 0.6 is 0 Å². The van der Waals surface area contributed by atoms with E-state index in [4.69, 9.17) is 5.11 Å². The number of hydrogen-bond acceptors (Lipinski definition) is 5. The van der Waals surface area contributed by atoms with Crippen molar-refractivity contribution in [2.75, 3.05) is 0 Å². The van der Waals surface area contributed by atoms with E-state index in [0.29, 0.717) is 16.7 Å². The van der Waals surface area contributed by atoms with Gasteiger partial charge in [0, 0.05) is 17.5 Å². The second-order valence-electron chi connectivity index (χ2n) is 5.59. The van der Waals surface area contributed by atoms with E-state index in [9.17, 15) is 4.79 Å². The molecule has 4 rings (SSSR count). The van der Waals surface area contributed by atoms with Crippen LogP contribution in [-0.4, -0.2) is 36.2 Å². The van der Waals surface area contributed by atoms with Crippen molar-refractivity contribution in [3.05, 3.63) is 60.0 Å². The van der Waals surface area contributed by atoms with E-state index in [1.807, 2.05) is 37.3 Å². The molecule has 7 nitrogen and oxygen atoms in total. The van der Waals surface area contributed by atoms with Crippen molar-refractivity contribution >= 4 is 17.0 Å². The van der Waals surface area contributed by atoms with Gasteiger partial charge in [-0.05, 0) is 37.3 Å². The molecule has 7 heteroatoms. The summed E-state index contributed by atoms with van der Waals surface area (Å²) in [5, 5.41) is 16.2. The number of H-pyrrole nitrogens is 1. The van der Waals surface area contributed by atoms with Gasteiger partial charge in [0.15, 0.2) is 0 Å². The van der Waals surface area contributed by atoms with Crippen LogP contribution in [0.15, 0.2) is 48.8 Å². The molecule has 0 radical (unpaired) electrons. The highest BCUT2D eigenvalue weighted by molar-refractivity contribution is 5.92. The molecule has 0 bridgehead atoms. The Morgan fingerprint density at radius 3 is 2.72 bits per heavy atom. The average molecular weight is 331 g/mol. The first-order valence-electron chi connectivity index (χ1n) is 7.60. The molecular formula is C18H13N5O2. The number of hydrogen-bond donors (Lipinski definition) is 2. The van der Waals surface area contributed by atoms with Gasteiger partial charge in [-0.3, -0.25) is 15.1 Å². The Labute approximate surface area is 142 Å². The first-order valence-corrected chi connectivity index (χ1v) is 7.60. The lowest BCUT2D eigenvalue weighted by Gasteiger charge is -2.05. The number of aromatic carboxylic acids is 1. The Morgan fingerprint density at radius 1 is 1.04 bits per heavy atom. The number of carboxylic acids is 1. The third kappa shape index (κ3) is 2.72. The number of aromatic nitrogens is 5. The third-order valence-electron chi connectivity index (χ3n) is 3.84. The number of rotatable bonds is 3. The summed E-state index contributed by atoms with van der Waals surface area (Å²) in [6.45, 7) is 1.92. The molecule has 4 aromatic heterocycles. The van der Waals surface area contributed by atoms with Crippen molar-refractivity contribution < 1.29 is 9.90 Å². The fourth-order valence-electron chi connectivity index (χ4n) is 2.63. The molecule has 0 aliphatic carbocycles. The van der Waals surface area contributed by atoms with Crippen molar-refractivity contribution in [2.45, 2.75) is 6.92 Å². The predicted octanol–water partition coefficient (Wildman–Crippen LogP) is 3.09. The Morgan fingerprint density at radius 2 is 1.92 bits per heavy atom. The van der Waals surface area contributed by atoms with Gasteiger partial charge >= 0.3 is 5.97 Å². The van der Waals surface area contributed by atoms with Crippen molar-refractivity contribution in [1.82, 2.24) is 25.1 Å². The summed E-state index contributed by atoms with van der Waals surface area (Å²) in [6.07, 6.45) is 3.01. The van der Waals surface area contributed by atoms with Crippen molar-refractivity contribution in [2.24, 2.45) is 0 Å². The van der Waals surface area contributed by atoms with E-state index in [0.717, 1.165) is 22.6 Å². The van der Waals surface area contributed by atoms with E-state index < -0.39 is 5.97 Å². The highest BCUT2D eigenvalue weighted by Gasteiger charge is 2.14. The molecule has 0 aliphatic heterocycles. The van der Waals surface area contributed by atoms with Gasteiger partial charge in [0.05, 0.1) is 39.9 Å². The molecule has 4 heterocycles. The van der Waals surface area contributed by atoms with E-state index >= 15 is 0 Å². The number of fused-ring (bicyclic) bond motifs is 1. The second kappa shape index (κ2) is 5.79. The summed E-state index contributed by atoms with van der Waals surface area (Å²) in [4.78, 5) is 24.3. The van der Waals surface area contributed by atoms with Crippen molar-refractivity contribution in [3.63, 3.8) is 0 Å². The van der Waals surface area contributed by atoms with Crippen LogP contribution in [0.3, 0.4) is 0 Å². The van der Waals surface area contributed by atoms with E-state index in [1.54, 1.807) is 6.20 Å². The maximum atomic E-state index is 11.1. The lowest BCUT2D eigenvalue weighted by atomic mass is 10.1. The molecule has 4 aromatic rings. The maximum Gasteiger partial charge on any atom is 0.337 e. The lowest BCUT2D eigenvalue weighted by molar-refractivity contribution is 0.0696. The summed E-state index contributed by atoms with van der Waals surface area (Å²) in [5.41, 5.74) is 5.15. The quantitative estimate of drug-likeness (QED) is 0.598. The highest BCUT2D eigenvalue weighted by Crippen LogP contribution is 2.29. The van der Waals surface area contributed by atoms with Gasteiger partial charge in [-0.15, -0.1) is 0 Å². The van der Waals surface area contributed by atoms with E-state index in [1.165, 1.54) is 12.3 Å². The zero-order chi connectivity index (χ0) is 17.4. The molecular weight excluding hydrogens is 318 g/mol. The van der Waals surface area contributed by atoms with Gasteiger partial charge in [0.25, 0.3) is 0 Å². The Balaban J connectivity index is 1.85. The van der Waals surface area contributed by atoms with E-state index in [2.05, 4.69) is 25.1 Å². The van der Waals surface area contributed by atoms with Gasteiger partial charge in [0.1, 0.15) is 0 Å². The van der Waals surface area contributed by atoms with Gasteiger partial charge in [-0.2, -0.15) is 5.10 Å². The van der Waals surface area contributed by atoms with Gasteiger partial charge < -0.3 is 5.11 Å². The molecule has 122 valence electrons. The van der Waals surface area contributed by atoms with Crippen LogP contribution in [0, 0.1) is 6.92 Å². The number of nitrogens with one attached hydrogen (secondary N) is 1. The molecule has 0 aliphatic rings. The molecule has 0 saturated carbocycles. The maximum absolute atomic E-state index is 11.1. The van der Waals surface area contributed by atoms with Crippen LogP contribution < -0.4 is 0 Å². The zero-order valence-corrected chi connectivity index (χ0v) is 13.3. The third-order valence-corrected chi connectivity index (χ3v) is 3.84.